The van der Waals surface area contributed by atoms with Crippen molar-refractivity contribution in [3.05, 3.63) is 24.3 Å². The predicted octanol–water partition coefficient (Wildman–Crippen LogP) is 2.38. The van der Waals surface area contributed by atoms with E-state index in [0.29, 0.717) is 11.7 Å². The van der Waals surface area contributed by atoms with Crippen LogP contribution in [0.3, 0.4) is 0 Å². The van der Waals surface area contributed by atoms with Crippen molar-refractivity contribution >= 4 is 29.3 Å². The fourth-order valence-corrected chi connectivity index (χ4v) is 4.14. The second-order valence-electron chi connectivity index (χ2n) is 5.97. The summed E-state index contributed by atoms with van der Waals surface area (Å²) >= 11 is 1.54. The minimum atomic E-state index is 0.0203. The zero-order valence-electron chi connectivity index (χ0n) is 12.4. The lowest BCUT2D eigenvalue weighted by atomic mass is 10.1. The monoisotopic (exact) mass is 304 g/mol. The largest absolute Gasteiger partial charge is 0.338 e. The summed E-state index contributed by atoms with van der Waals surface area (Å²) in [7, 11) is 0. The Balaban J connectivity index is 1.78. The molecule has 0 spiro atoms. The summed E-state index contributed by atoms with van der Waals surface area (Å²) in [6.45, 7) is 5.22. The van der Waals surface area contributed by atoms with E-state index < -0.39 is 0 Å². The fraction of sp³-hybridized carbons (Fsp3) is 0.500. The topological polar surface area (TPSA) is 40.6 Å². The summed E-state index contributed by atoms with van der Waals surface area (Å²) in [5.41, 5.74) is 0.868. The van der Waals surface area contributed by atoms with Crippen LogP contribution in [0.2, 0.25) is 0 Å². The van der Waals surface area contributed by atoms with Crippen LogP contribution in [0, 0.1) is 5.92 Å². The molecule has 5 heteroatoms. The van der Waals surface area contributed by atoms with Gasteiger partial charge in [0.15, 0.2) is 0 Å². The average molecular weight is 304 g/mol. The molecule has 21 heavy (non-hydrogen) atoms. The summed E-state index contributed by atoms with van der Waals surface area (Å²) in [5.74, 6) is 1.04. The number of rotatable bonds is 2. The molecular weight excluding hydrogens is 284 g/mol. The van der Waals surface area contributed by atoms with Gasteiger partial charge in [-0.3, -0.25) is 9.59 Å². The van der Waals surface area contributed by atoms with Gasteiger partial charge < -0.3 is 9.80 Å². The third-order valence-corrected chi connectivity index (χ3v) is 5.25. The number of fused-ring (bicyclic) bond motifs is 1. The highest BCUT2D eigenvalue weighted by atomic mass is 32.2. The molecule has 2 aliphatic heterocycles. The lowest BCUT2D eigenvalue weighted by Gasteiger charge is -2.31. The molecule has 2 amide bonds. The first-order valence-electron chi connectivity index (χ1n) is 7.38. The van der Waals surface area contributed by atoms with E-state index in [2.05, 4.69) is 13.8 Å². The Labute approximate surface area is 129 Å². The van der Waals surface area contributed by atoms with Crippen molar-refractivity contribution in [1.29, 1.82) is 0 Å². The maximum absolute atomic E-state index is 12.6. The molecule has 1 fully saturated rings. The van der Waals surface area contributed by atoms with Gasteiger partial charge in [-0.25, -0.2) is 0 Å². The van der Waals surface area contributed by atoms with Crippen molar-refractivity contribution in [1.82, 2.24) is 4.90 Å². The molecule has 0 aliphatic carbocycles. The van der Waals surface area contributed by atoms with Gasteiger partial charge in [0, 0.05) is 17.5 Å². The highest BCUT2D eigenvalue weighted by Crippen LogP contribution is 2.35. The third-order valence-electron chi connectivity index (χ3n) is 4.21. The molecule has 0 unspecified atom stereocenters. The molecule has 2 heterocycles. The molecule has 2 atom stereocenters. The number of para-hydroxylation sites is 1. The SMILES string of the molecule is C[C@@H]1C[C@@H](C)N(C(=O)CN2C(=O)CSc3ccccc32)C1. The van der Waals surface area contributed by atoms with Crippen LogP contribution in [0.15, 0.2) is 29.2 Å². The molecule has 1 saturated heterocycles. The van der Waals surface area contributed by atoms with Crippen LogP contribution in [0.25, 0.3) is 0 Å². The van der Waals surface area contributed by atoms with Gasteiger partial charge in [-0.2, -0.15) is 0 Å². The second kappa shape index (κ2) is 5.72. The molecular formula is C16H20N2O2S. The molecule has 3 rings (SSSR count). The van der Waals surface area contributed by atoms with Crippen molar-refractivity contribution < 1.29 is 9.59 Å². The normalized spacial score (nSPS) is 25.1. The van der Waals surface area contributed by atoms with Crippen LogP contribution < -0.4 is 4.90 Å². The maximum atomic E-state index is 12.6. The van der Waals surface area contributed by atoms with Gasteiger partial charge in [0.05, 0.1) is 11.4 Å². The van der Waals surface area contributed by atoms with Crippen molar-refractivity contribution in [2.75, 3.05) is 23.7 Å². The summed E-state index contributed by atoms with van der Waals surface area (Å²) in [4.78, 5) is 29.4. The highest BCUT2D eigenvalue weighted by Gasteiger charge is 2.33. The molecule has 2 aliphatic rings. The number of thioether (sulfide) groups is 1. The van der Waals surface area contributed by atoms with Gasteiger partial charge >= 0.3 is 0 Å². The van der Waals surface area contributed by atoms with Gasteiger partial charge in [-0.1, -0.05) is 19.1 Å². The van der Waals surface area contributed by atoms with Crippen molar-refractivity contribution in [3.63, 3.8) is 0 Å². The van der Waals surface area contributed by atoms with Gasteiger partial charge in [0.1, 0.15) is 6.54 Å². The third kappa shape index (κ3) is 2.79. The maximum Gasteiger partial charge on any atom is 0.242 e. The van der Waals surface area contributed by atoms with Crippen LogP contribution >= 0.6 is 11.8 Å². The number of amides is 2. The van der Waals surface area contributed by atoms with Gasteiger partial charge in [0.2, 0.25) is 11.8 Å². The highest BCUT2D eigenvalue weighted by molar-refractivity contribution is 8.00. The molecule has 4 nitrogen and oxygen atoms in total. The minimum absolute atomic E-state index is 0.0203. The van der Waals surface area contributed by atoms with Gasteiger partial charge in [0.25, 0.3) is 0 Å². The van der Waals surface area contributed by atoms with Crippen molar-refractivity contribution in [3.8, 4) is 0 Å². The Morgan fingerprint density at radius 2 is 2.10 bits per heavy atom. The number of likely N-dealkylation sites (tertiary alicyclic amines) is 1. The lowest BCUT2D eigenvalue weighted by Crippen LogP contribution is -2.46. The molecule has 0 aromatic heterocycles. The summed E-state index contributed by atoms with van der Waals surface area (Å²) in [6, 6.07) is 8.08. The first-order chi connectivity index (χ1) is 10.1. The van der Waals surface area contributed by atoms with Gasteiger partial charge in [-0.05, 0) is 31.4 Å². The smallest absolute Gasteiger partial charge is 0.242 e. The van der Waals surface area contributed by atoms with Crippen LogP contribution in [0.4, 0.5) is 5.69 Å². The predicted molar refractivity (Wildman–Crippen MR) is 84.5 cm³/mol. The molecule has 0 saturated carbocycles. The number of anilines is 1. The number of benzene rings is 1. The molecule has 1 aromatic carbocycles. The van der Waals surface area contributed by atoms with Crippen LogP contribution in [0.5, 0.6) is 0 Å². The van der Waals surface area contributed by atoms with E-state index in [1.165, 1.54) is 0 Å². The first kappa shape index (κ1) is 14.4. The van der Waals surface area contributed by atoms with E-state index in [9.17, 15) is 9.59 Å². The van der Waals surface area contributed by atoms with E-state index in [-0.39, 0.29) is 24.4 Å². The van der Waals surface area contributed by atoms with Crippen molar-refractivity contribution in [2.45, 2.75) is 31.2 Å². The molecule has 1 aromatic rings. The number of hydrogen-bond acceptors (Lipinski definition) is 3. The van der Waals surface area contributed by atoms with Crippen LogP contribution in [0.1, 0.15) is 20.3 Å². The van der Waals surface area contributed by atoms with E-state index in [1.807, 2.05) is 29.2 Å². The molecule has 112 valence electrons. The van der Waals surface area contributed by atoms with E-state index in [0.717, 1.165) is 23.5 Å². The molecule has 0 radical (unpaired) electrons. The number of hydrogen-bond donors (Lipinski definition) is 0. The summed E-state index contributed by atoms with van der Waals surface area (Å²) < 4.78 is 0. The Morgan fingerprint density at radius 1 is 1.33 bits per heavy atom. The summed E-state index contributed by atoms with van der Waals surface area (Å²) in [6.07, 6.45) is 1.05. The van der Waals surface area contributed by atoms with E-state index >= 15 is 0 Å². The Morgan fingerprint density at radius 3 is 2.81 bits per heavy atom. The number of carbonyl (C=O) groups is 2. The van der Waals surface area contributed by atoms with Gasteiger partial charge in [-0.15, -0.1) is 11.8 Å². The zero-order chi connectivity index (χ0) is 15.0. The minimum Gasteiger partial charge on any atom is -0.338 e. The zero-order valence-corrected chi connectivity index (χ0v) is 13.2. The number of nitrogens with zero attached hydrogens (tertiary/aromatic N) is 2. The van der Waals surface area contributed by atoms with Crippen LogP contribution in [-0.4, -0.2) is 41.6 Å². The Bertz CT molecular complexity index is 575. The number of carbonyl (C=O) groups excluding carboxylic acids is 2. The Hall–Kier alpha value is -1.49. The molecule has 0 bridgehead atoms. The lowest BCUT2D eigenvalue weighted by molar-refractivity contribution is -0.131. The van der Waals surface area contributed by atoms with Crippen molar-refractivity contribution in [2.24, 2.45) is 5.92 Å². The quantitative estimate of drug-likeness (QED) is 0.842. The van der Waals surface area contributed by atoms with Crippen LogP contribution in [-0.2, 0) is 9.59 Å². The average Bonchev–Trinajstić information content (AvgIpc) is 2.81. The Kier molecular flexibility index (Phi) is 3.93. The standard InChI is InChI=1S/C16H20N2O2S/c1-11-7-12(2)17(8-11)15(19)9-18-13-5-3-4-6-14(13)21-10-16(18)20/h3-6,11-12H,7-10H2,1-2H3/t11-,12-/m1/s1. The second-order valence-corrected chi connectivity index (χ2v) is 6.99. The molecule has 0 N–H and O–H groups in total. The first-order valence-corrected chi connectivity index (χ1v) is 8.36. The summed E-state index contributed by atoms with van der Waals surface area (Å²) in [5, 5.41) is 0. The van der Waals surface area contributed by atoms with E-state index in [4.69, 9.17) is 0 Å². The fourth-order valence-electron chi connectivity index (χ4n) is 3.20. The van der Waals surface area contributed by atoms with E-state index in [1.54, 1.807) is 16.7 Å².